The largest absolute Gasteiger partial charge is 0.381 e. The highest BCUT2D eigenvalue weighted by molar-refractivity contribution is 5.07. The van der Waals surface area contributed by atoms with Crippen LogP contribution in [0.25, 0.3) is 0 Å². The molecular formula is C9H17NO. The number of hydrogen-bond donors (Lipinski definition) is 1. The first kappa shape index (κ1) is 7.56. The molecule has 1 saturated heterocycles. The molecule has 2 heteroatoms. The van der Waals surface area contributed by atoms with Crippen LogP contribution in [0.5, 0.6) is 0 Å². The molecule has 0 aromatic rings. The maximum absolute atomic E-state index is 5.44. The van der Waals surface area contributed by atoms with Crippen LogP contribution in [0.1, 0.15) is 25.7 Å². The predicted molar refractivity (Wildman–Crippen MR) is 44.6 cm³/mol. The lowest BCUT2D eigenvalue weighted by atomic mass is 9.96. The van der Waals surface area contributed by atoms with E-state index in [9.17, 15) is 0 Å². The van der Waals surface area contributed by atoms with Gasteiger partial charge < -0.3 is 10.1 Å². The Morgan fingerprint density at radius 1 is 1.36 bits per heavy atom. The molecule has 1 heterocycles. The fourth-order valence-electron chi connectivity index (χ4n) is 2.34. The first-order chi connectivity index (χ1) is 5.37. The van der Waals surface area contributed by atoms with E-state index >= 15 is 0 Å². The predicted octanol–water partition coefficient (Wildman–Crippen LogP) is 1.17. The summed E-state index contributed by atoms with van der Waals surface area (Å²) in [5.41, 5.74) is 0.644. The van der Waals surface area contributed by atoms with E-state index in [1.807, 2.05) is 0 Å². The smallest absolute Gasteiger partial charge is 0.0471 e. The third-order valence-corrected chi connectivity index (χ3v) is 3.25. The van der Waals surface area contributed by atoms with Gasteiger partial charge in [0.05, 0.1) is 0 Å². The van der Waals surface area contributed by atoms with Crippen LogP contribution < -0.4 is 5.32 Å². The van der Waals surface area contributed by atoms with Gasteiger partial charge in [-0.15, -0.1) is 0 Å². The number of ether oxygens (including phenoxy) is 1. The van der Waals surface area contributed by atoms with Crippen molar-refractivity contribution in [3.05, 3.63) is 0 Å². The average Bonchev–Trinajstić information content (AvgIpc) is 2.76. The fraction of sp³-hybridized carbons (Fsp3) is 1.00. The van der Waals surface area contributed by atoms with Gasteiger partial charge in [-0.1, -0.05) is 0 Å². The molecule has 1 N–H and O–H groups in total. The highest BCUT2D eigenvalue weighted by atomic mass is 16.5. The summed E-state index contributed by atoms with van der Waals surface area (Å²) in [6.45, 7) is 1.97. The maximum Gasteiger partial charge on any atom is 0.0471 e. The Morgan fingerprint density at radius 2 is 2.27 bits per heavy atom. The quantitative estimate of drug-likeness (QED) is 0.613. The lowest BCUT2D eigenvalue weighted by Crippen LogP contribution is -2.18. The molecule has 0 bridgehead atoms. The summed E-state index contributed by atoms with van der Waals surface area (Å²) in [5.74, 6) is 0. The Hall–Kier alpha value is -0.0800. The number of nitrogens with one attached hydrogen (secondary N) is 1. The van der Waals surface area contributed by atoms with Crippen LogP contribution >= 0.6 is 0 Å². The summed E-state index contributed by atoms with van der Waals surface area (Å²) in [4.78, 5) is 0. The zero-order chi connectivity index (χ0) is 7.73. The summed E-state index contributed by atoms with van der Waals surface area (Å²) >= 11 is 0. The fourth-order valence-corrected chi connectivity index (χ4v) is 2.34. The van der Waals surface area contributed by atoms with Gasteiger partial charge >= 0.3 is 0 Å². The van der Waals surface area contributed by atoms with E-state index in [0.717, 1.165) is 19.3 Å². The Bertz CT molecular complexity index is 138. The van der Waals surface area contributed by atoms with E-state index < -0.39 is 0 Å². The third kappa shape index (κ3) is 1.30. The van der Waals surface area contributed by atoms with Crippen LogP contribution in [0.3, 0.4) is 0 Å². The van der Waals surface area contributed by atoms with Crippen molar-refractivity contribution in [2.75, 3.05) is 20.3 Å². The lowest BCUT2D eigenvalue weighted by molar-refractivity contribution is 0.140. The Morgan fingerprint density at radius 3 is 3.00 bits per heavy atom. The molecule has 2 unspecified atom stereocenters. The van der Waals surface area contributed by atoms with Gasteiger partial charge in [-0.25, -0.2) is 0 Å². The minimum Gasteiger partial charge on any atom is -0.381 e. The molecule has 0 aromatic heterocycles. The monoisotopic (exact) mass is 155 g/mol. The van der Waals surface area contributed by atoms with E-state index in [4.69, 9.17) is 4.74 Å². The molecule has 2 aliphatic rings. The van der Waals surface area contributed by atoms with Crippen LogP contribution in [0, 0.1) is 5.41 Å². The van der Waals surface area contributed by atoms with Crippen molar-refractivity contribution in [3.63, 3.8) is 0 Å². The van der Waals surface area contributed by atoms with Gasteiger partial charge in [-0.3, -0.25) is 0 Å². The van der Waals surface area contributed by atoms with Gasteiger partial charge in [0.1, 0.15) is 0 Å². The van der Waals surface area contributed by atoms with Crippen LogP contribution in [-0.4, -0.2) is 26.3 Å². The van der Waals surface area contributed by atoms with Crippen LogP contribution in [0.4, 0.5) is 0 Å². The standard InChI is InChI=1S/C9H17NO/c1-10-8-7-9(8)3-2-5-11-6-4-9/h8,10H,2-7H2,1H3. The SMILES string of the molecule is CNC1CC12CCCOCC2. The molecular weight excluding hydrogens is 138 g/mol. The minimum absolute atomic E-state index is 0.644. The Labute approximate surface area is 68.3 Å². The molecule has 0 aromatic carbocycles. The van der Waals surface area contributed by atoms with Crippen LogP contribution in [0.15, 0.2) is 0 Å². The van der Waals surface area contributed by atoms with E-state index in [0.29, 0.717) is 5.41 Å². The van der Waals surface area contributed by atoms with Crippen LogP contribution in [0.2, 0.25) is 0 Å². The second kappa shape index (κ2) is 2.76. The summed E-state index contributed by atoms with van der Waals surface area (Å²) < 4.78 is 5.44. The summed E-state index contributed by atoms with van der Waals surface area (Å²) in [6, 6.07) is 0.796. The molecule has 1 aliphatic heterocycles. The first-order valence-electron chi connectivity index (χ1n) is 4.62. The second-order valence-electron chi connectivity index (χ2n) is 3.87. The molecule has 2 fully saturated rings. The molecule has 1 saturated carbocycles. The van der Waals surface area contributed by atoms with E-state index in [1.165, 1.54) is 25.7 Å². The maximum atomic E-state index is 5.44. The summed E-state index contributed by atoms with van der Waals surface area (Å²) in [6.07, 6.45) is 5.29. The highest BCUT2D eigenvalue weighted by Gasteiger charge is 2.52. The Balaban J connectivity index is 1.92. The van der Waals surface area contributed by atoms with Crippen molar-refractivity contribution in [1.82, 2.24) is 5.32 Å². The van der Waals surface area contributed by atoms with Gasteiger partial charge in [-0.05, 0) is 38.1 Å². The molecule has 2 atom stereocenters. The van der Waals surface area contributed by atoms with E-state index in [1.54, 1.807) is 0 Å². The molecule has 11 heavy (non-hydrogen) atoms. The zero-order valence-corrected chi connectivity index (χ0v) is 7.23. The first-order valence-corrected chi connectivity index (χ1v) is 4.62. The van der Waals surface area contributed by atoms with Crippen LogP contribution in [-0.2, 0) is 4.74 Å². The molecule has 0 amide bonds. The third-order valence-electron chi connectivity index (χ3n) is 3.25. The molecule has 64 valence electrons. The van der Waals surface area contributed by atoms with E-state index in [-0.39, 0.29) is 0 Å². The number of hydrogen-bond acceptors (Lipinski definition) is 2. The zero-order valence-electron chi connectivity index (χ0n) is 7.23. The molecule has 2 nitrogen and oxygen atoms in total. The lowest BCUT2D eigenvalue weighted by Gasteiger charge is -2.11. The number of rotatable bonds is 1. The second-order valence-corrected chi connectivity index (χ2v) is 3.87. The summed E-state index contributed by atoms with van der Waals surface area (Å²) in [5, 5.41) is 3.37. The average molecular weight is 155 g/mol. The van der Waals surface area contributed by atoms with Gasteiger partial charge in [-0.2, -0.15) is 0 Å². The summed E-state index contributed by atoms with van der Waals surface area (Å²) in [7, 11) is 2.07. The normalized spacial score (nSPS) is 43.9. The van der Waals surface area contributed by atoms with Gasteiger partial charge in [0.2, 0.25) is 0 Å². The Kier molecular flexibility index (Phi) is 1.90. The molecule has 1 aliphatic carbocycles. The minimum atomic E-state index is 0.644. The van der Waals surface area contributed by atoms with Crippen molar-refractivity contribution in [2.24, 2.45) is 5.41 Å². The molecule has 0 radical (unpaired) electrons. The van der Waals surface area contributed by atoms with Gasteiger partial charge in [0.25, 0.3) is 0 Å². The van der Waals surface area contributed by atoms with Gasteiger partial charge in [0, 0.05) is 19.3 Å². The molecule has 1 spiro atoms. The van der Waals surface area contributed by atoms with Crippen molar-refractivity contribution >= 4 is 0 Å². The van der Waals surface area contributed by atoms with Crippen molar-refractivity contribution in [1.29, 1.82) is 0 Å². The van der Waals surface area contributed by atoms with Crippen molar-refractivity contribution in [3.8, 4) is 0 Å². The highest BCUT2D eigenvalue weighted by Crippen LogP contribution is 2.53. The topological polar surface area (TPSA) is 21.3 Å². The van der Waals surface area contributed by atoms with E-state index in [2.05, 4.69) is 12.4 Å². The van der Waals surface area contributed by atoms with Gasteiger partial charge in [0.15, 0.2) is 0 Å². The van der Waals surface area contributed by atoms with Crippen molar-refractivity contribution in [2.45, 2.75) is 31.7 Å². The molecule has 2 rings (SSSR count). The van der Waals surface area contributed by atoms with Crippen molar-refractivity contribution < 1.29 is 4.74 Å².